The number of hydrogen-bond acceptors (Lipinski definition) is 5. The summed E-state index contributed by atoms with van der Waals surface area (Å²) in [6.07, 6.45) is 1.81. The average molecular weight is 486 g/mol. The summed E-state index contributed by atoms with van der Waals surface area (Å²) in [4.78, 5) is 43.1. The van der Waals surface area contributed by atoms with Gasteiger partial charge in [-0.25, -0.2) is 0 Å². The zero-order valence-corrected chi connectivity index (χ0v) is 21.6. The predicted molar refractivity (Wildman–Crippen MR) is 132 cm³/mol. The summed E-state index contributed by atoms with van der Waals surface area (Å²) in [6.45, 7) is 11.3. The van der Waals surface area contributed by atoms with Crippen molar-refractivity contribution in [2.24, 2.45) is 17.8 Å². The fraction of sp³-hybridized carbons (Fsp3) is 0.667. The van der Waals surface area contributed by atoms with Crippen LogP contribution in [0.5, 0.6) is 0 Å². The van der Waals surface area contributed by atoms with Crippen molar-refractivity contribution in [2.45, 2.75) is 89.6 Å². The third-order valence-electron chi connectivity index (χ3n) is 8.13. The summed E-state index contributed by atoms with van der Waals surface area (Å²) in [5.74, 6) is -2.43. The molecule has 0 saturated carbocycles. The van der Waals surface area contributed by atoms with Crippen LogP contribution in [-0.4, -0.2) is 63.2 Å². The highest BCUT2D eigenvalue weighted by molar-refractivity contribution is 6.02. The van der Waals surface area contributed by atoms with Gasteiger partial charge in [0.2, 0.25) is 17.7 Å². The molecule has 8 heteroatoms. The highest BCUT2D eigenvalue weighted by Gasteiger charge is 2.78. The summed E-state index contributed by atoms with van der Waals surface area (Å²) in [6, 6.07) is 7.69. The van der Waals surface area contributed by atoms with Gasteiger partial charge in [0.25, 0.3) is 0 Å². The molecule has 1 aromatic rings. The van der Waals surface area contributed by atoms with E-state index in [1.54, 1.807) is 17.0 Å². The van der Waals surface area contributed by atoms with E-state index in [0.717, 1.165) is 6.42 Å². The Morgan fingerprint density at radius 2 is 1.86 bits per heavy atom. The van der Waals surface area contributed by atoms with E-state index >= 15 is 0 Å². The molecule has 0 radical (unpaired) electrons. The highest BCUT2D eigenvalue weighted by atomic mass is 16.5. The van der Waals surface area contributed by atoms with E-state index in [0.29, 0.717) is 18.5 Å². The number of aliphatic hydroxyl groups is 1. The molecule has 1 aromatic carbocycles. The second kappa shape index (κ2) is 8.89. The molecule has 3 saturated heterocycles. The summed E-state index contributed by atoms with van der Waals surface area (Å²) in [7, 11) is 0. The number of carbonyl (C=O) groups is 3. The number of likely N-dealkylation sites (tertiary alicyclic amines) is 1. The molecule has 192 valence electrons. The van der Waals surface area contributed by atoms with Gasteiger partial charge >= 0.3 is 0 Å². The topological polar surface area (TPSA) is 108 Å². The van der Waals surface area contributed by atoms with Gasteiger partial charge in [0.05, 0.1) is 30.1 Å². The maximum Gasteiger partial charge on any atom is 0.246 e. The lowest BCUT2D eigenvalue weighted by molar-refractivity contribution is -0.150. The van der Waals surface area contributed by atoms with E-state index in [9.17, 15) is 19.5 Å². The van der Waals surface area contributed by atoms with E-state index < -0.39 is 40.7 Å². The molecule has 2 bridgehead atoms. The number of fused-ring (bicyclic) bond motifs is 1. The van der Waals surface area contributed by atoms with Crippen LogP contribution in [0.25, 0.3) is 0 Å². The van der Waals surface area contributed by atoms with Crippen LogP contribution in [0, 0.1) is 17.8 Å². The molecule has 3 aliphatic rings. The van der Waals surface area contributed by atoms with Gasteiger partial charge in [0.15, 0.2) is 0 Å². The van der Waals surface area contributed by atoms with Crippen molar-refractivity contribution in [1.82, 2.24) is 10.2 Å². The van der Waals surface area contributed by atoms with Gasteiger partial charge in [-0.05, 0) is 58.6 Å². The molecule has 3 fully saturated rings. The zero-order chi connectivity index (χ0) is 25.8. The average Bonchev–Trinajstić information content (AvgIpc) is 3.35. The normalized spacial score (nSPS) is 33.4. The van der Waals surface area contributed by atoms with Gasteiger partial charge in [-0.3, -0.25) is 14.4 Å². The molecule has 3 amide bonds. The highest BCUT2D eigenvalue weighted by Crippen LogP contribution is 2.63. The fourth-order valence-electron chi connectivity index (χ4n) is 6.42. The number of nitrogens with one attached hydrogen (secondary N) is 2. The van der Waals surface area contributed by atoms with Gasteiger partial charge in [-0.15, -0.1) is 0 Å². The van der Waals surface area contributed by atoms with E-state index in [1.807, 2.05) is 59.7 Å². The van der Waals surface area contributed by atoms with Crippen LogP contribution in [-0.2, 0) is 19.1 Å². The Kier molecular flexibility index (Phi) is 6.51. The third-order valence-corrected chi connectivity index (χ3v) is 8.13. The van der Waals surface area contributed by atoms with Crippen LogP contribution in [0.3, 0.4) is 0 Å². The number of rotatable bonds is 7. The number of ether oxygens (including phenoxy) is 1. The molecule has 35 heavy (non-hydrogen) atoms. The van der Waals surface area contributed by atoms with Gasteiger partial charge in [0, 0.05) is 11.2 Å². The fourth-order valence-corrected chi connectivity index (χ4v) is 6.42. The van der Waals surface area contributed by atoms with E-state index in [4.69, 9.17) is 4.74 Å². The molecule has 2 unspecified atom stereocenters. The van der Waals surface area contributed by atoms with Crippen LogP contribution in [0.1, 0.15) is 60.8 Å². The summed E-state index contributed by atoms with van der Waals surface area (Å²) in [5, 5.41) is 16.3. The van der Waals surface area contributed by atoms with Crippen molar-refractivity contribution in [3.05, 3.63) is 30.3 Å². The smallest absolute Gasteiger partial charge is 0.246 e. The summed E-state index contributed by atoms with van der Waals surface area (Å²) < 4.78 is 6.63. The van der Waals surface area contributed by atoms with Crippen molar-refractivity contribution in [1.29, 1.82) is 0 Å². The lowest BCUT2D eigenvalue weighted by Gasteiger charge is -2.40. The van der Waals surface area contributed by atoms with Crippen molar-refractivity contribution in [3.63, 3.8) is 0 Å². The molecule has 7 atom stereocenters. The Balaban J connectivity index is 1.78. The van der Waals surface area contributed by atoms with Crippen LogP contribution >= 0.6 is 0 Å². The zero-order valence-electron chi connectivity index (χ0n) is 21.6. The van der Waals surface area contributed by atoms with Crippen molar-refractivity contribution in [2.75, 3.05) is 11.9 Å². The monoisotopic (exact) mass is 485 g/mol. The first-order chi connectivity index (χ1) is 16.4. The van der Waals surface area contributed by atoms with E-state index in [1.165, 1.54) is 0 Å². The van der Waals surface area contributed by atoms with E-state index in [-0.39, 0.29) is 30.2 Å². The molecule has 3 heterocycles. The maximum atomic E-state index is 14.2. The number of anilines is 1. The lowest BCUT2D eigenvalue weighted by Crippen LogP contribution is -2.61. The Bertz CT molecular complexity index is 992. The summed E-state index contributed by atoms with van der Waals surface area (Å²) in [5.41, 5.74) is -1.83. The minimum atomic E-state index is -1.11. The van der Waals surface area contributed by atoms with Crippen LogP contribution in [0.15, 0.2) is 30.3 Å². The number of amides is 3. The second-order valence-corrected chi connectivity index (χ2v) is 11.7. The quantitative estimate of drug-likeness (QED) is 0.550. The number of carbonyl (C=O) groups excluding carboxylic acids is 3. The SMILES string of the molecule is CC[C@H](C)[C@H](CO)N1C(=O)[C@@H]2[C@H](C(=O)Nc3ccccc3)[C@]3(C)CCC2(O3)C1C(=O)NC(C)(C)C. The van der Waals surface area contributed by atoms with Gasteiger partial charge in [-0.1, -0.05) is 38.5 Å². The maximum absolute atomic E-state index is 14.2. The number of benzene rings is 1. The first-order valence-electron chi connectivity index (χ1n) is 12.7. The molecule has 4 rings (SSSR count). The predicted octanol–water partition coefficient (Wildman–Crippen LogP) is 2.71. The summed E-state index contributed by atoms with van der Waals surface area (Å²) >= 11 is 0. The van der Waals surface area contributed by atoms with Crippen molar-refractivity contribution < 1.29 is 24.2 Å². The Morgan fingerprint density at radius 3 is 2.43 bits per heavy atom. The Hall–Kier alpha value is -2.45. The molecule has 1 spiro atoms. The number of hydrogen-bond donors (Lipinski definition) is 3. The Morgan fingerprint density at radius 1 is 1.20 bits per heavy atom. The number of para-hydroxylation sites is 1. The third kappa shape index (κ3) is 4.14. The Labute approximate surface area is 207 Å². The lowest BCUT2D eigenvalue weighted by atomic mass is 9.66. The number of nitrogens with zero attached hydrogens (tertiary/aromatic N) is 1. The van der Waals surface area contributed by atoms with Gasteiger partial charge in [-0.2, -0.15) is 0 Å². The molecule has 3 aliphatic heterocycles. The van der Waals surface area contributed by atoms with Crippen LogP contribution in [0.4, 0.5) is 5.69 Å². The van der Waals surface area contributed by atoms with Crippen LogP contribution in [0.2, 0.25) is 0 Å². The molecule has 3 N–H and O–H groups in total. The standard InChI is InChI=1S/C27H39N3O5/c1-7-16(2)18(15-31)30-21(23(33)29-25(3,4)5)27-14-13-26(6,35-27)19(20(27)24(30)34)22(32)28-17-11-9-8-10-12-17/h8-12,16,18-21,31H,7,13-15H2,1-6H3,(H,28,32)(H,29,33)/t16-,18-,19+,20-,21?,26-,27?/m0/s1. The molecule has 8 nitrogen and oxygen atoms in total. The first-order valence-corrected chi connectivity index (χ1v) is 12.7. The van der Waals surface area contributed by atoms with Gasteiger partial charge < -0.3 is 25.4 Å². The molecule has 0 aliphatic carbocycles. The number of aliphatic hydroxyl groups excluding tert-OH is 1. The van der Waals surface area contributed by atoms with Crippen LogP contribution < -0.4 is 10.6 Å². The minimum Gasteiger partial charge on any atom is -0.394 e. The minimum absolute atomic E-state index is 0.0338. The molecular weight excluding hydrogens is 446 g/mol. The van der Waals surface area contributed by atoms with Crippen molar-refractivity contribution >= 4 is 23.4 Å². The molecule has 0 aromatic heterocycles. The largest absolute Gasteiger partial charge is 0.394 e. The first kappa shape index (κ1) is 25.6. The van der Waals surface area contributed by atoms with Gasteiger partial charge in [0.1, 0.15) is 11.6 Å². The van der Waals surface area contributed by atoms with Crippen molar-refractivity contribution in [3.8, 4) is 0 Å². The van der Waals surface area contributed by atoms with E-state index in [2.05, 4.69) is 10.6 Å². The molecular formula is C27H39N3O5. The second-order valence-electron chi connectivity index (χ2n) is 11.7.